The number of non-ortho nitro benzene ring substituents is 1. The van der Waals surface area contributed by atoms with E-state index in [9.17, 15) is 10.1 Å². The third-order valence-corrected chi connectivity index (χ3v) is 1.96. The van der Waals surface area contributed by atoms with Gasteiger partial charge in [0.25, 0.3) is 5.69 Å². The number of rotatable bonds is 3. The third-order valence-electron chi connectivity index (χ3n) is 1.96. The molecule has 0 saturated carbocycles. The molecule has 3 nitrogen and oxygen atoms in total. The highest BCUT2D eigenvalue weighted by molar-refractivity contribution is 5.36. The van der Waals surface area contributed by atoms with Crippen molar-refractivity contribution in [1.29, 1.82) is 0 Å². The molecule has 0 aliphatic heterocycles. The molecule has 0 aliphatic carbocycles. The zero-order valence-corrected chi connectivity index (χ0v) is 7.43. The van der Waals surface area contributed by atoms with E-state index in [-0.39, 0.29) is 16.5 Å². The summed E-state index contributed by atoms with van der Waals surface area (Å²) in [5.41, 5.74) is 1.05. The predicted octanol–water partition coefficient (Wildman–Crippen LogP) is 2.88. The second-order valence-electron chi connectivity index (χ2n) is 2.88. The summed E-state index contributed by atoms with van der Waals surface area (Å²) in [6.45, 7) is 5.59. The summed E-state index contributed by atoms with van der Waals surface area (Å²) in [6.07, 6.45) is 1.76. The maximum Gasteiger partial charge on any atom is 0.269 e. The molecule has 0 N–H and O–H groups in total. The molecule has 0 amide bonds. The Morgan fingerprint density at radius 1 is 1.62 bits per heavy atom. The predicted molar refractivity (Wildman–Crippen MR) is 51.7 cm³/mol. The van der Waals surface area contributed by atoms with Crippen molar-refractivity contribution in [3.63, 3.8) is 0 Å². The van der Waals surface area contributed by atoms with E-state index >= 15 is 0 Å². The van der Waals surface area contributed by atoms with Crippen molar-refractivity contribution in [2.45, 2.75) is 12.8 Å². The zero-order valence-electron chi connectivity index (χ0n) is 7.43. The first-order valence-electron chi connectivity index (χ1n) is 4.02. The van der Waals surface area contributed by atoms with Gasteiger partial charge in [0.2, 0.25) is 0 Å². The Balaban J connectivity index is 3.04. The van der Waals surface area contributed by atoms with Crippen LogP contribution < -0.4 is 0 Å². The van der Waals surface area contributed by atoms with Gasteiger partial charge < -0.3 is 0 Å². The van der Waals surface area contributed by atoms with Crippen molar-refractivity contribution in [2.75, 3.05) is 0 Å². The molecule has 1 rings (SSSR count). The van der Waals surface area contributed by atoms with Gasteiger partial charge >= 0.3 is 0 Å². The summed E-state index contributed by atoms with van der Waals surface area (Å²) >= 11 is 0. The van der Waals surface area contributed by atoms with Crippen LogP contribution in [-0.4, -0.2) is 4.92 Å². The lowest BCUT2D eigenvalue weighted by atomic mass is 10.0. The van der Waals surface area contributed by atoms with Crippen LogP contribution in [0.3, 0.4) is 0 Å². The molecule has 0 spiro atoms. The number of allylic oxidation sites excluding steroid dienone is 1. The Morgan fingerprint density at radius 2 is 2.31 bits per heavy atom. The number of nitro benzene ring substituents is 1. The molecule has 0 bridgehead atoms. The molecule has 0 saturated heterocycles. The Kier molecular flexibility index (Phi) is 2.80. The van der Waals surface area contributed by atoms with E-state index in [1.165, 1.54) is 6.07 Å². The Bertz CT molecular complexity index is 333. The number of hydrogen-bond donors (Lipinski definition) is 0. The van der Waals surface area contributed by atoms with Crippen LogP contribution in [0.4, 0.5) is 5.69 Å². The largest absolute Gasteiger partial charge is 0.269 e. The van der Waals surface area contributed by atoms with Gasteiger partial charge in [-0.3, -0.25) is 10.1 Å². The lowest BCUT2D eigenvalue weighted by Gasteiger charge is -2.04. The minimum absolute atomic E-state index is 0.131. The lowest BCUT2D eigenvalue weighted by Crippen LogP contribution is -1.92. The lowest BCUT2D eigenvalue weighted by molar-refractivity contribution is -0.384. The van der Waals surface area contributed by atoms with Gasteiger partial charge in [-0.05, 0) is 11.5 Å². The average molecular weight is 177 g/mol. The first-order chi connectivity index (χ1) is 6.15. The molecule has 1 atom stereocenters. The van der Waals surface area contributed by atoms with Crippen LogP contribution in [0.2, 0.25) is 0 Å². The minimum Gasteiger partial charge on any atom is -0.258 e. The van der Waals surface area contributed by atoms with E-state index in [0.717, 1.165) is 5.56 Å². The van der Waals surface area contributed by atoms with Gasteiger partial charge in [-0.25, -0.2) is 0 Å². The first kappa shape index (κ1) is 9.45. The van der Waals surface area contributed by atoms with Gasteiger partial charge in [0, 0.05) is 12.1 Å². The summed E-state index contributed by atoms with van der Waals surface area (Å²) in [4.78, 5) is 10.1. The highest BCUT2D eigenvalue weighted by Gasteiger charge is 2.07. The maximum atomic E-state index is 10.4. The maximum absolute atomic E-state index is 10.4. The number of benzene rings is 1. The normalized spacial score (nSPS) is 12.1. The Hall–Kier alpha value is -1.64. The van der Waals surface area contributed by atoms with Crippen molar-refractivity contribution in [3.8, 4) is 0 Å². The fourth-order valence-corrected chi connectivity index (χ4v) is 1.06. The van der Waals surface area contributed by atoms with Gasteiger partial charge in [0.15, 0.2) is 0 Å². The topological polar surface area (TPSA) is 43.1 Å². The zero-order chi connectivity index (χ0) is 9.84. The monoisotopic (exact) mass is 177 g/mol. The summed E-state index contributed by atoms with van der Waals surface area (Å²) in [6, 6.07) is 6.61. The van der Waals surface area contributed by atoms with E-state index in [4.69, 9.17) is 0 Å². The fraction of sp³-hybridized carbons (Fsp3) is 0.200. The van der Waals surface area contributed by atoms with E-state index in [2.05, 4.69) is 6.58 Å². The molecule has 1 aromatic rings. The third kappa shape index (κ3) is 2.15. The van der Waals surface area contributed by atoms with Gasteiger partial charge in [0.1, 0.15) is 0 Å². The number of hydrogen-bond acceptors (Lipinski definition) is 2. The van der Waals surface area contributed by atoms with Gasteiger partial charge in [-0.2, -0.15) is 0 Å². The molecular weight excluding hydrogens is 166 g/mol. The fourth-order valence-electron chi connectivity index (χ4n) is 1.06. The Labute approximate surface area is 76.9 Å². The molecule has 1 aromatic carbocycles. The summed E-state index contributed by atoms with van der Waals surface area (Å²) in [7, 11) is 0. The highest BCUT2D eigenvalue weighted by Crippen LogP contribution is 2.20. The highest BCUT2D eigenvalue weighted by atomic mass is 16.6. The molecular formula is C10H11NO2. The molecule has 0 aromatic heterocycles. The second-order valence-corrected chi connectivity index (χ2v) is 2.88. The smallest absolute Gasteiger partial charge is 0.258 e. The molecule has 1 unspecified atom stereocenters. The second kappa shape index (κ2) is 3.85. The van der Waals surface area contributed by atoms with E-state index < -0.39 is 0 Å². The van der Waals surface area contributed by atoms with Gasteiger partial charge in [-0.15, -0.1) is 6.58 Å². The van der Waals surface area contributed by atoms with Crippen LogP contribution in [0.1, 0.15) is 18.4 Å². The van der Waals surface area contributed by atoms with Crippen molar-refractivity contribution in [2.24, 2.45) is 0 Å². The van der Waals surface area contributed by atoms with Crippen LogP contribution in [0.15, 0.2) is 36.9 Å². The van der Waals surface area contributed by atoms with Crippen LogP contribution in [0.5, 0.6) is 0 Å². The Morgan fingerprint density at radius 3 is 2.85 bits per heavy atom. The SMILES string of the molecule is C=CC(C)c1cccc([N+](=O)[O-])c1. The molecule has 13 heavy (non-hydrogen) atoms. The molecule has 0 heterocycles. The minimum atomic E-state index is -0.390. The van der Waals surface area contributed by atoms with Crippen LogP contribution >= 0.6 is 0 Å². The van der Waals surface area contributed by atoms with E-state index in [1.807, 2.05) is 13.0 Å². The van der Waals surface area contributed by atoms with Crippen molar-refractivity contribution in [1.82, 2.24) is 0 Å². The molecule has 0 aliphatic rings. The molecule has 68 valence electrons. The van der Waals surface area contributed by atoms with Crippen molar-refractivity contribution >= 4 is 5.69 Å². The quantitative estimate of drug-likeness (QED) is 0.404. The standard InChI is InChI=1S/C10H11NO2/c1-3-8(2)9-5-4-6-10(7-9)11(12)13/h3-8H,1H2,2H3. The molecule has 0 fully saturated rings. The molecule has 3 heteroatoms. The van der Waals surface area contributed by atoms with E-state index in [0.29, 0.717) is 0 Å². The molecule has 0 radical (unpaired) electrons. The van der Waals surface area contributed by atoms with Crippen molar-refractivity contribution < 1.29 is 4.92 Å². The summed E-state index contributed by atoms with van der Waals surface area (Å²) in [5, 5.41) is 10.4. The number of nitro groups is 1. The van der Waals surface area contributed by atoms with E-state index in [1.54, 1.807) is 18.2 Å². The first-order valence-corrected chi connectivity index (χ1v) is 4.02. The van der Waals surface area contributed by atoms with Crippen molar-refractivity contribution in [3.05, 3.63) is 52.6 Å². The number of nitrogens with zero attached hydrogens (tertiary/aromatic N) is 1. The summed E-state index contributed by atoms with van der Waals surface area (Å²) < 4.78 is 0. The van der Waals surface area contributed by atoms with Gasteiger partial charge in [-0.1, -0.05) is 25.1 Å². The van der Waals surface area contributed by atoms with Crippen LogP contribution in [0, 0.1) is 10.1 Å². The van der Waals surface area contributed by atoms with Crippen LogP contribution in [-0.2, 0) is 0 Å². The average Bonchev–Trinajstić information content (AvgIpc) is 2.17. The van der Waals surface area contributed by atoms with Gasteiger partial charge in [0.05, 0.1) is 4.92 Å². The van der Waals surface area contributed by atoms with Crippen LogP contribution in [0.25, 0.3) is 0 Å². The summed E-state index contributed by atoms with van der Waals surface area (Å²) in [5.74, 6) is 0.153.